The molecule has 0 aliphatic heterocycles. The van der Waals surface area contributed by atoms with Gasteiger partial charge in [0, 0.05) is 37.2 Å². The summed E-state index contributed by atoms with van der Waals surface area (Å²) < 4.78 is 2.59. The molecule has 0 saturated carbocycles. The van der Waals surface area contributed by atoms with Crippen LogP contribution in [0.4, 0.5) is 17.1 Å². The lowest BCUT2D eigenvalue weighted by molar-refractivity contribution is 0.790. The summed E-state index contributed by atoms with van der Waals surface area (Å²) in [6, 6.07) is 79.9. The van der Waals surface area contributed by atoms with Crippen LogP contribution in [0.1, 0.15) is 47.2 Å². The fourth-order valence-corrected chi connectivity index (χ4v) is 12.6. The number of anilines is 3. The van der Waals surface area contributed by atoms with Crippen molar-refractivity contribution in [2.45, 2.75) is 25.7 Å². The first-order valence-corrected chi connectivity index (χ1v) is 23.6. The van der Waals surface area contributed by atoms with Crippen molar-refractivity contribution >= 4 is 65.4 Å². The summed E-state index contributed by atoms with van der Waals surface area (Å²) in [5.74, 6) is 0. The van der Waals surface area contributed by atoms with Gasteiger partial charge in [-0.25, -0.2) is 0 Å². The number of fused-ring (bicyclic) bond motifs is 15. The van der Waals surface area contributed by atoms with Crippen molar-refractivity contribution in [1.82, 2.24) is 0 Å². The number of benzene rings is 10. The maximum atomic E-state index is 2.55. The number of rotatable bonds is 5. The van der Waals surface area contributed by atoms with E-state index in [1.54, 1.807) is 0 Å². The number of hydrogen-bond acceptors (Lipinski definition) is 2. The highest BCUT2D eigenvalue weighted by atomic mass is 32.1. The van der Waals surface area contributed by atoms with Crippen LogP contribution in [0, 0.1) is 0 Å². The Labute approximate surface area is 390 Å². The molecule has 1 heterocycles. The second-order valence-electron chi connectivity index (χ2n) is 17.9. The van der Waals surface area contributed by atoms with Crippen molar-refractivity contribution in [3.63, 3.8) is 0 Å². The molecule has 312 valence electrons. The van der Waals surface area contributed by atoms with E-state index in [-0.39, 0.29) is 12.8 Å². The van der Waals surface area contributed by atoms with Crippen molar-refractivity contribution in [1.29, 1.82) is 0 Å². The Hall–Kier alpha value is -7.78. The maximum absolute atomic E-state index is 2.55. The summed E-state index contributed by atoms with van der Waals surface area (Å²) in [5.41, 5.74) is 21.7. The van der Waals surface area contributed by atoms with E-state index in [4.69, 9.17) is 0 Å². The minimum absolute atomic E-state index is 0. The molecule has 2 heteroatoms. The van der Waals surface area contributed by atoms with Crippen LogP contribution in [0.25, 0.3) is 81.5 Å². The Morgan fingerprint density at radius 1 is 0.394 bits per heavy atom. The minimum Gasteiger partial charge on any atom is -0.310 e. The van der Waals surface area contributed by atoms with Gasteiger partial charge in [0.05, 0.1) is 5.41 Å². The second kappa shape index (κ2) is 14.9. The molecule has 3 aliphatic rings. The van der Waals surface area contributed by atoms with Gasteiger partial charge >= 0.3 is 0 Å². The molecule has 1 nitrogen and oxygen atoms in total. The molecule has 1 spiro atoms. The van der Waals surface area contributed by atoms with E-state index >= 15 is 0 Å². The predicted octanol–water partition coefficient (Wildman–Crippen LogP) is 18.0. The van der Waals surface area contributed by atoms with E-state index in [0.29, 0.717) is 0 Å². The Balaban J connectivity index is 0.00000435. The summed E-state index contributed by atoms with van der Waals surface area (Å²) in [4.78, 5) is 2.42. The maximum Gasteiger partial charge on any atom is 0.0725 e. The SMILES string of the molecule is C.C1=Cc2cc3c(cc2CC1)C1(c2ccccc2-c2cc(-c4ccc5sc6ccc(N(c7cccc(-c8ccccc8)c7)c7ccc8ccccc8c7)cc6c5c4)ccc21)c1ccccc1-3. The zero-order valence-corrected chi connectivity index (χ0v) is 36.4. The van der Waals surface area contributed by atoms with Gasteiger partial charge in [-0.15, -0.1) is 11.3 Å². The second-order valence-corrected chi connectivity index (χ2v) is 19.0. The molecule has 1 unspecified atom stereocenters. The molecule has 11 aromatic rings. The molecular weight excluding hydrogens is 815 g/mol. The quantitative estimate of drug-likeness (QED) is 0.167. The lowest BCUT2D eigenvalue weighted by Gasteiger charge is -2.31. The molecule has 3 aliphatic carbocycles. The highest BCUT2D eigenvalue weighted by Gasteiger charge is 2.51. The van der Waals surface area contributed by atoms with Gasteiger partial charge in [-0.3, -0.25) is 0 Å². The molecule has 1 atom stereocenters. The molecule has 0 fully saturated rings. The average Bonchev–Trinajstić information content (AvgIpc) is 3.99. The molecular formula is C64H45NS. The average molecular weight is 860 g/mol. The zero-order chi connectivity index (χ0) is 42.6. The first-order chi connectivity index (χ1) is 32.2. The van der Waals surface area contributed by atoms with E-state index in [1.807, 2.05) is 11.3 Å². The molecule has 10 aromatic carbocycles. The lowest BCUT2D eigenvalue weighted by Crippen LogP contribution is -2.26. The first-order valence-electron chi connectivity index (χ1n) is 22.8. The molecule has 14 rings (SSSR count). The predicted molar refractivity (Wildman–Crippen MR) is 283 cm³/mol. The summed E-state index contributed by atoms with van der Waals surface area (Å²) in [5, 5.41) is 5.02. The van der Waals surface area contributed by atoms with Crippen LogP contribution in [-0.2, 0) is 11.8 Å². The highest BCUT2D eigenvalue weighted by Crippen LogP contribution is 2.63. The van der Waals surface area contributed by atoms with Crippen LogP contribution >= 0.6 is 11.3 Å². The topological polar surface area (TPSA) is 3.24 Å². The van der Waals surface area contributed by atoms with Crippen LogP contribution in [-0.4, -0.2) is 0 Å². The van der Waals surface area contributed by atoms with E-state index in [2.05, 4.69) is 229 Å². The van der Waals surface area contributed by atoms with Crippen molar-refractivity contribution in [3.05, 3.63) is 252 Å². The lowest BCUT2D eigenvalue weighted by atomic mass is 9.70. The summed E-state index contributed by atoms with van der Waals surface area (Å²) >= 11 is 1.88. The van der Waals surface area contributed by atoms with Crippen molar-refractivity contribution in [3.8, 4) is 44.5 Å². The third kappa shape index (κ3) is 5.65. The zero-order valence-electron chi connectivity index (χ0n) is 35.6. The van der Waals surface area contributed by atoms with Crippen LogP contribution in [0.5, 0.6) is 0 Å². The van der Waals surface area contributed by atoms with Crippen LogP contribution in [0.15, 0.2) is 218 Å². The largest absolute Gasteiger partial charge is 0.310 e. The van der Waals surface area contributed by atoms with Gasteiger partial charge in [0.1, 0.15) is 0 Å². The smallest absolute Gasteiger partial charge is 0.0725 e. The molecule has 0 amide bonds. The molecule has 0 N–H and O–H groups in total. The van der Waals surface area contributed by atoms with E-state index in [9.17, 15) is 0 Å². The van der Waals surface area contributed by atoms with E-state index < -0.39 is 0 Å². The molecule has 0 bridgehead atoms. The Kier molecular flexibility index (Phi) is 8.72. The minimum atomic E-state index is -0.353. The van der Waals surface area contributed by atoms with Gasteiger partial charge in [0.2, 0.25) is 0 Å². The Morgan fingerprint density at radius 2 is 1.00 bits per heavy atom. The normalized spacial score (nSPS) is 15.0. The molecule has 0 saturated heterocycles. The van der Waals surface area contributed by atoms with Gasteiger partial charge in [-0.2, -0.15) is 0 Å². The van der Waals surface area contributed by atoms with Crippen LogP contribution in [0.3, 0.4) is 0 Å². The third-order valence-electron chi connectivity index (χ3n) is 14.5. The van der Waals surface area contributed by atoms with Gasteiger partial charge in [0.15, 0.2) is 0 Å². The fourth-order valence-electron chi connectivity index (χ4n) is 11.6. The van der Waals surface area contributed by atoms with Gasteiger partial charge in [-0.05, 0) is 168 Å². The monoisotopic (exact) mass is 859 g/mol. The number of allylic oxidation sites excluding steroid dienone is 1. The fraction of sp³-hybridized carbons (Fsp3) is 0.0625. The number of thiophene rings is 1. The van der Waals surface area contributed by atoms with Gasteiger partial charge in [-0.1, -0.05) is 165 Å². The summed E-state index contributed by atoms with van der Waals surface area (Å²) in [6.07, 6.45) is 6.84. The summed E-state index contributed by atoms with van der Waals surface area (Å²) in [6.45, 7) is 0. The van der Waals surface area contributed by atoms with E-state index in [0.717, 1.165) is 29.9 Å². The molecule has 1 aromatic heterocycles. The number of aryl methyl sites for hydroxylation is 1. The standard InChI is InChI=1S/C63H41NS.CH4/c1-2-13-40(14-3-1)43-19-12-20-48(33-43)64(49-28-25-41-15-4-5-16-42(41)34-49)50-29-32-62-56(39-50)55-37-47(27-31-61(55)65-62)46-26-30-59-53(36-46)51-21-8-10-23-57(51)63(59)58-24-11-9-22-52(58)54-35-44-17-6-7-18-45(44)38-60(54)63;/h1-6,8-17,19-39H,7,18H2;1H4. The van der Waals surface area contributed by atoms with Crippen molar-refractivity contribution in [2.75, 3.05) is 4.90 Å². The third-order valence-corrected chi connectivity index (χ3v) is 15.6. The molecule has 66 heavy (non-hydrogen) atoms. The van der Waals surface area contributed by atoms with Crippen LogP contribution < -0.4 is 4.90 Å². The van der Waals surface area contributed by atoms with Gasteiger partial charge in [0.25, 0.3) is 0 Å². The Morgan fingerprint density at radius 3 is 1.83 bits per heavy atom. The molecule has 0 radical (unpaired) electrons. The number of nitrogens with zero attached hydrogens (tertiary/aromatic N) is 1. The van der Waals surface area contributed by atoms with E-state index in [1.165, 1.54) is 109 Å². The van der Waals surface area contributed by atoms with Crippen LogP contribution in [0.2, 0.25) is 0 Å². The highest BCUT2D eigenvalue weighted by molar-refractivity contribution is 7.25. The van der Waals surface area contributed by atoms with Crippen molar-refractivity contribution < 1.29 is 0 Å². The number of hydrogen-bond donors (Lipinski definition) is 0. The Bertz CT molecular complexity index is 3800. The van der Waals surface area contributed by atoms with Crippen molar-refractivity contribution in [2.24, 2.45) is 0 Å². The summed E-state index contributed by atoms with van der Waals surface area (Å²) in [7, 11) is 0. The first kappa shape index (κ1) is 38.7. The van der Waals surface area contributed by atoms with Gasteiger partial charge < -0.3 is 4.90 Å².